The van der Waals surface area contributed by atoms with Crippen LogP contribution in [-0.4, -0.2) is 49.6 Å². The summed E-state index contributed by atoms with van der Waals surface area (Å²) in [6.45, 7) is 2.52. The fraction of sp³-hybridized carbons (Fsp3) is 0.417. The van der Waals surface area contributed by atoms with E-state index in [0.29, 0.717) is 6.61 Å². The van der Waals surface area contributed by atoms with Gasteiger partial charge in [0.2, 0.25) is 10.0 Å². The molecule has 1 N–H and O–H groups in total. The Morgan fingerprint density at radius 3 is 2.80 bits per heavy atom. The molecular formula is C12H14ClNO5S. The summed E-state index contributed by atoms with van der Waals surface area (Å²) in [6, 6.07) is 3.63. The van der Waals surface area contributed by atoms with Gasteiger partial charge in [-0.05, 0) is 25.1 Å². The van der Waals surface area contributed by atoms with Gasteiger partial charge in [0, 0.05) is 13.1 Å². The number of carbonyl (C=O) groups is 1. The number of benzene rings is 1. The predicted molar refractivity (Wildman–Crippen MR) is 72.6 cm³/mol. The maximum atomic E-state index is 12.5. The summed E-state index contributed by atoms with van der Waals surface area (Å²) in [5, 5.41) is 8.96. The van der Waals surface area contributed by atoms with Crippen LogP contribution in [0.4, 0.5) is 0 Å². The number of hydrogen-bond acceptors (Lipinski definition) is 4. The topological polar surface area (TPSA) is 83.9 Å². The highest BCUT2D eigenvalue weighted by atomic mass is 35.5. The van der Waals surface area contributed by atoms with E-state index in [9.17, 15) is 13.2 Å². The molecule has 8 heteroatoms. The van der Waals surface area contributed by atoms with Crippen LogP contribution >= 0.6 is 11.6 Å². The van der Waals surface area contributed by atoms with Crippen LogP contribution in [0.2, 0.25) is 5.02 Å². The molecule has 0 aliphatic carbocycles. The van der Waals surface area contributed by atoms with Crippen molar-refractivity contribution in [2.45, 2.75) is 17.9 Å². The zero-order valence-corrected chi connectivity index (χ0v) is 12.3. The second-order valence-corrected chi connectivity index (χ2v) is 6.81. The maximum Gasteiger partial charge on any atom is 0.335 e. The predicted octanol–water partition coefficient (Wildman–Crippen LogP) is 1.45. The zero-order chi connectivity index (χ0) is 14.9. The number of aromatic carboxylic acids is 1. The monoisotopic (exact) mass is 319 g/mol. The van der Waals surface area contributed by atoms with Crippen molar-refractivity contribution in [2.75, 3.05) is 19.7 Å². The maximum absolute atomic E-state index is 12.5. The van der Waals surface area contributed by atoms with Crippen LogP contribution in [0.5, 0.6) is 0 Å². The number of carboxylic acids is 1. The number of morpholine rings is 1. The SMILES string of the molecule is C[C@H]1CN(S(=O)(=O)c2cc(C(=O)O)ccc2Cl)CCO1. The molecule has 0 radical (unpaired) electrons. The van der Waals surface area contributed by atoms with Crippen LogP contribution in [-0.2, 0) is 14.8 Å². The van der Waals surface area contributed by atoms with E-state index in [1.807, 2.05) is 0 Å². The molecule has 0 unspecified atom stereocenters. The van der Waals surface area contributed by atoms with E-state index in [1.165, 1.54) is 16.4 Å². The lowest BCUT2D eigenvalue weighted by molar-refractivity contribution is 0.0102. The molecule has 1 aromatic carbocycles. The van der Waals surface area contributed by atoms with Crippen molar-refractivity contribution in [1.29, 1.82) is 0 Å². The Bertz CT molecular complexity index is 631. The third kappa shape index (κ3) is 2.95. The summed E-state index contributed by atoms with van der Waals surface area (Å²) in [5.41, 5.74) is -0.116. The van der Waals surface area contributed by atoms with Crippen molar-refractivity contribution in [1.82, 2.24) is 4.31 Å². The molecule has 6 nitrogen and oxygen atoms in total. The summed E-state index contributed by atoms with van der Waals surface area (Å²) < 4.78 is 31.6. The Morgan fingerprint density at radius 2 is 2.20 bits per heavy atom. The first kappa shape index (κ1) is 15.2. The second kappa shape index (κ2) is 5.69. The van der Waals surface area contributed by atoms with Crippen molar-refractivity contribution in [3.05, 3.63) is 28.8 Å². The highest BCUT2D eigenvalue weighted by Crippen LogP contribution is 2.27. The highest BCUT2D eigenvalue weighted by Gasteiger charge is 2.31. The number of sulfonamides is 1. The van der Waals surface area contributed by atoms with Crippen molar-refractivity contribution in [3.63, 3.8) is 0 Å². The first-order chi connectivity index (χ1) is 9.32. The van der Waals surface area contributed by atoms with Crippen LogP contribution in [0.1, 0.15) is 17.3 Å². The standard InChI is InChI=1S/C12H14ClNO5S/c1-8-7-14(4-5-19-8)20(17,18)11-6-9(12(15)16)2-3-10(11)13/h2-3,6,8H,4-5,7H2,1H3,(H,15,16)/t8-/m0/s1. The number of carboxylic acid groups (broad SMARTS) is 1. The highest BCUT2D eigenvalue weighted by molar-refractivity contribution is 7.89. The minimum Gasteiger partial charge on any atom is -0.478 e. The van der Waals surface area contributed by atoms with E-state index in [1.54, 1.807) is 6.92 Å². The first-order valence-corrected chi connectivity index (χ1v) is 7.79. The average molecular weight is 320 g/mol. The average Bonchev–Trinajstić information content (AvgIpc) is 2.38. The fourth-order valence-electron chi connectivity index (χ4n) is 1.98. The van der Waals surface area contributed by atoms with Gasteiger partial charge in [0.25, 0.3) is 0 Å². The van der Waals surface area contributed by atoms with Gasteiger partial charge < -0.3 is 9.84 Å². The molecule has 1 aliphatic heterocycles. The van der Waals surface area contributed by atoms with Crippen LogP contribution < -0.4 is 0 Å². The second-order valence-electron chi connectivity index (χ2n) is 4.49. The van der Waals surface area contributed by atoms with Crippen LogP contribution in [0.25, 0.3) is 0 Å². The molecule has 1 saturated heterocycles. The quantitative estimate of drug-likeness (QED) is 0.911. The minimum absolute atomic E-state index is 0.00847. The molecule has 1 fully saturated rings. The van der Waals surface area contributed by atoms with Gasteiger partial charge in [-0.1, -0.05) is 11.6 Å². The molecule has 1 heterocycles. The lowest BCUT2D eigenvalue weighted by atomic mass is 10.2. The third-order valence-corrected chi connectivity index (χ3v) is 5.35. The van der Waals surface area contributed by atoms with Crippen LogP contribution in [0, 0.1) is 0 Å². The minimum atomic E-state index is -3.82. The fourth-order valence-corrected chi connectivity index (χ4v) is 3.98. The van der Waals surface area contributed by atoms with Crippen molar-refractivity contribution in [3.8, 4) is 0 Å². The molecule has 0 spiro atoms. The van der Waals surface area contributed by atoms with E-state index in [4.69, 9.17) is 21.4 Å². The molecule has 20 heavy (non-hydrogen) atoms. The van der Waals surface area contributed by atoms with Crippen molar-refractivity contribution < 1.29 is 23.1 Å². The molecule has 0 saturated carbocycles. The smallest absolute Gasteiger partial charge is 0.335 e. The van der Waals surface area contributed by atoms with Crippen LogP contribution in [0.15, 0.2) is 23.1 Å². The Morgan fingerprint density at radius 1 is 1.50 bits per heavy atom. The van der Waals surface area contributed by atoms with E-state index in [0.717, 1.165) is 6.07 Å². The molecule has 0 aromatic heterocycles. The lowest BCUT2D eigenvalue weighted by Gasteiger charge is -2.30. The van der Waals surface area contributed by atoms with Gasteiger partial charge in [-0.15, -0.1) is 0 Å². The number of hydrogen-bond donors (Lipinski definition) is 1. The molecule has 1 atom stereocenters. The molecule has 1 aromatic rings. The summed E-state index contributed by atoms with van der Waals surface area (Å²) in [4.78, 5) is 10.8. The summed E-state index contributed by atoms with van der Waals surface area (Å²) >= 11 is 5.91. The van der Waals surface area contributed by atoms with Gasteiger partial charge in [-0.3, -0.25) is 0 Å². The summed E-state index contributed by atoms with van der Waals surface area (Å²) in [6.07, 6.45) is -0.208. The molecule has 0 bridgehead atoms. The van der Waals surface area contributed by atoms with Crippen molar-refractivity contribution >= 4 is 27.6 Å². The molecule has 1 aliphatic rings. The lowest BCUT2D eigenvalue weighted by Crippen LogP contribution is -2.44. The third-order valence-electron chi connectivity index (χ3n) is 3.00. The number of ether oxygens (including phenoxy) is 1. The Balaban J connectivity index is 2.43. The number of rotatable bonds is 3. The van der Waals surface area contributed by atoms with Gasteiger partial charge >= 0.3 is 5.97 Å². The van der Waals surface area contributed by atoms with Gasteiger partial charge in [0.05, 0.1) is 23.3 Å². The van der Waals surface area contributed by atoms with Crippen LogP contribution in [0.3, 0.4) is 0 Å². The van der Waals surface area contributed by atoms with Crippen molar-refractivity contribution in [2.24, 2.45) is 0 Å². The Hall–Kier alpha value is -1.15. The summed E-state index contributed by atoms with van der Waals surface area (Å²) in [7, 11) is -3.82. The van der Waals surface area contributed by atoms with Gasteiger partial charge in [0.15, 0.2) is 0 Å². The van der Waals surface area contributed by atoms with E-state index in [-0.39, 0.29) is 34.7 Å². The summed E-state index contributed by atoms with van der Waals surface area (Å²) in [5.74, 6) is -1.20. The molecule has 0 amide bonds. The van der Waals surface area contributed by atoms with Gasteiger partial charge in [0.1, 0.15) is 4.90 Å². The van der Waals surface area contributed by atoms with Gasteiger partial charge in [-0.2, -0.15) is 4.31 Å². The van der Waals surface area contributed by atoms with E-state index in [2.05, 4.69) is 0 Å². The molecule has 2 rings (SSSR count). The zero-order valence-electron chi connectivity index (χ0n) is 10.7. The Labute approximate surface area is 122 Å². The van der Waals surface area contributed by atoms with Gasteiger partial charge in [-0.25, -0.2) is 13.2 Å². The Kier molecular flexibility index (Phi) is 4.33. The molecular weight excluding hydrogens is 306 g/mol. The number of halogens is 1. The largest absolute Gasteiger partial charge is 0.478 e. The number of nitrogens with zero attached hydrogens (tertiary/aromatic N) is 1. The molecule has 110 valence electrons. The van der Waals surface area contributed by atoms with E-state index < -0.39 is 16.0 Å². The first-order valence-electron chi connectivity index (χ1n) is 5.97. The normalized spacial score (nSPS) is 20.8. The van der Waals surface area contributed by atoms with E-state index >= 15 is 0 Å².